The van der Waals surface area contributed by atoms with Gasteiger partial charge in [-0.05, 0) is 49.9 Å². The molecule has 4 rings (SSSR count). The van der Waals surface area contributed by atoms with E-state index < -0.39 is 0 Å². The number of fused-ring (bicyclic) bond motifs is 1. The van der Waals surface area contributed by atoms with E-state index in [-0.39, 0.29) is 0 Å². The number of aromatic nitrogens is 5. The third kappa shape index (κ3) is 2.22. The van der Waals surface area contributed by atoms with Crippen LogP contribution in [-0.4, -0.2) is 30.8 Å². The molecule has 0 unspecified atom stereocenters. The summed E-state index contributed by atoms with van der Waals surface area (Å²) in [6, 6.07) is 8.39. The van der Waals surface area contributed by atoms with Gasteiger partial charge in [0.25, 0.3) is 0 Å². The molecule has 0 aromatic carbocycles. The van der Waals surface area contributed by atoms with E-state index >= 15 is 0 Å². The van der Waals surface area contributed by atoms with Crippen LogP contribution in [0.25, 0.3) is 17.2 Å². The first kappa shape index (κ1) is 12.3. The summed E-state index contributed by atoms with van der Waals surface area (Å²) in [7, 11) is 0. The molecule has 6 heteroatoms. The molecular weight excluding hydrogens is 264 g/mol. The van der Waals surface area contributed by atoms with Crippen LogP contribution in [0, 0.1) is 6.92 Å². The van der Waals surface area contributed by atoms with Gasteiger partial charge < -0.3 is 5.32 Å². The van der Waals surface area contributed by atoms with Crippen LogP contribution in [0.1, 0.15) is 24.8 Å². The van der Waals surface area contributed by atoms with Crippen molar-refractivity contribution in [2.45, 2.75) is 32.2 Å². The Morgan fingerprint density at radius 3 is 2.76 bits per heavy atom. The first-order valence-corrected chi connectivity index (χ1v) is 7.22. The fraction of sp³-hybridized carbons (Fsp3) is 0.333. The number of anilines is 1. The van der Waals surface area contributed by atoms with Gasteiger partial charge in [0, 0.05) is 12.2 Å². The lowest BCUT2D eigenvalue weighted by molar-refractivity contribution is 0.444. The SMILES string of the molecule is Cc1ccc(-c2nnc3ccc(NC4CCC4)nn23)nc1. The first-order valence-electron chi connectivity index (χ1n) is 7.22. The number of rotatable bonds is 3. The smallest absolute Gasteiger partial charge is 0.203 e. The predicted molar refractivity (Wildman–Crippen MR) is 80.0 cm³/mol. The first-order chi connectivity index (χ1) is 10.3. The van der Waals surface area contributed by atoms with E-state index in [1.54, 1.807) is 4.52 Å². The standard InChI is InChI=1S/C15H16N6/c1-10-5-6-12(16-9-10)15-19-18-14-8-7-13(20-21(14)15)17-11-3-2-4-11/h5-9,11H,2-4H2,1H3,(H,17,20). The zero-order valence-corrected chi connectivity index (χ0v) is 11.8. The normalized spacial score (nSPS) is 15.1. The molecule has 3 aromatic rings. The molecule has 1 fully saturated rings. The van der Waals surface area contributed by atoms with E-state index in [1.165, 1.54) is 19.3 Å². The Kier molecular flexibility index (Phi) is 2.80. The number of nitrogens with one attached hydrogen (secondary N) is 1. The van der Waals surface area contributed by atoms with E-state index in [0.29, 0.717) is 11.9 Å². The average Bonchev–Trinajstić information content (AvgIpc) is 2.87. The summed E-state index contributed by atoms with van der Waals surface area (Å²) in [6.45, 7) is 2.01. The van der Waals surface area contributed by atoms with E-state index in [1.807, 2.05) is 37.4 Å². The fourth-order valence-electron chi connectivity index (χ4n) is 2.39. The Balaban J connectivity index is 1.74. The van der Waals surface area contributed by atoms with Crippen molar-refractivity contribution in [1.29, 1.82) is 0 Å². The van der Waals surface area contributed by atoms with Crippen LogP contribution in [0.5, 0.6) is 0 Å². The van der Waals surface area contributed by atoms with Crippen LogP contribution < -0.4 is 5.32 Å². The average molecular weight is 280 g/mol. The van der Waals surface area contributed by atoms with Crippen LogP contribution in [0.4, 0.5) is 5.82 Å². The van der Waals surface area contributed by atoms with Gasteiger partial charge in [0.15, 0.2) is 5.65 Å². The molecule has 1 aliphatic rings. The van der Waals surface area contributed by atoms with Gasteiger partial charge in [0.1, 0.15) is 11.5 Å². The molecule has 0 aliphatic heterocycles. The number of nitrogens with zero attached hydrogens (tertiary/aromatic N) is 5. The Hall–Kier alpha value is -2.50. The van der Waals surface area contributed by atoms with Crippen LogP contribution >= 0.6 is 0 Å². The van der Waals surface area contributed by atoms with Crippen molar-refractivity contribution in [3.63, 3.8) is 0 Å². The quantitative estimate of drug-likeness (QED) is 0.798. The van der Waals surface area contributed by atoms with Crippen molar-refractivity contribution in [3.8, 4) is 11.5 Å². The third-order valence-electron chi connectivity index (χ3n) is 3.86. The van der Waals surface area contributed by atoms with Crippen LogP contribution in [0.15, 0.2) is 30.5 Å². The monoisotopic (exact) mass is 280 g/mol. The highest BCUT2D eigenvalue weighted by Crippen LogP contribution is 2.23. The predicted octanol–water partition coefficient (Wildman–Crippen LogP) is 2.46. The van der Waals surface area contributed by atoms with E-state index in [0.717, 1.165) is 22.7 Å². The third-order valence-corrected chi connectivity index (χ3v) is 3.86. The van der Waals surface area contributed by atoms with Crippen LogP contribution in [0.2, 0.25) is 0 Å². The maximum absolute atomic E-state index is 4.60. The lowest BCUT2D eigenvalue weighted by Gasteiger charge is -2.26. The molecule has 0 spiro atoms. The number of hydrogen-bond donors (Lipinski definition) is 1. The van der Waals surface area contributed by atoms with Gasteiger partial charge in [-0.15, -0.1) is 15.3 Å². The van der Waals surface area contributed by atoms with Gasteiger partial charge in [0.05, 0.1) is 0 Å². The Morgan fingerprint density at radius 1 is 1.14 bits per heavy atom. The number of pyridine rings is 1. The highest BCUT2D eigenvalue weighted by atomic mass is 15.4. The molecule has 3 aromatic heterocycles. The summed E-state index contributed by atoms with van der Waals surface area (Å²) in [5.41, 5.74) is 2.63. The van der Waals surface area contributed by atoms with Gasteiger partial charge in [-0.2, -0.15) is 4.52 Å². The van der Waals surface area contributed by atoms with Crippen molar-refractivity contribution in [1.82, 2.24) is 24.8 Å². The molecule has 3 heterocycles. The molecule has 1 N–H and O–H groups in total. The lowest BCUT2D eigenvalue weighted by Crippen LogP contribution is -2.27. The summed E-state index contributed by atoms with van der Waals surface area (Å²) < 4.78 is 1.75. The van der Waals surface area contributed by atoms with Crippen molar-refractivity contribution in [3.05, 3.63) is 36.0 Å². The summed E-state index contributed by atoms with van der Waals surface area (Å²) >= 11 is 0. The van der Waals surface area contributed by atoms with Crippen molar-refractivity contribution in [2.75, 3.05) is 5.32 Å². The summed E-state index contributed by atoms with van der Waals surface area (Å²) in [4.78, 5) is 4.41. The molecule has 0 radical (unpaired) electrons. The van der Waals surface area contributed by atoms with Crippen molar-refractivity contribution >= 4 is 11.5 Å². The minimum absolute atomic E-state index is 0.549. The molecule has 21 heavy (non-hydrogen) atoms. The zero-order chi connectivity index (χ0) is 14.2. The second kappa shape index (κ2) is 4.80. The van der Waals surface area contributed by atoms with Crippen molar-refractivity contribution < 1.29 is 0 Å². The van der Waals surface area contributed by atoms with Crippen LogP contribution in [0.3, 0.4) is 0 Å². The van der Waals surface area contributed by atoms with Gasteiger partial charge in [-0.25, -0.2) is 0 Å². The second-order valence-electron chi connectivity index (χ2n) is 5.51. The van der Waals surface area contributed by atoms with E-state index in [9.17, 15) is 0 Å². The highest BCUT2D eigenvalue weighted by Gasteiger charge is 2.18. The van der Waals surface area contributed by atoms with Gasteiger partial charge in [-0.1, -0.05) is 6.07 Å². The summed E-state index contributed by atoms with van der Waals surface area (Å²) in [6.07, 6.45) is 5.56. The fourth-order valence-corrected chi connectivity index (χ4v) is 2.39. The molecule has 1 aliphatic carbocycles. The highest BCUT2D eigenvalue weighted by molar-refractivity contribution is 5.56. The minimum atomic E-state index is 0.549. The number of aryl methyl sites for hydroxylation is 1. The molecule has 0 bridgehead atoms. The second-order valence-corrected chi connectivity index (χ2v) is 5.51. The lowest BCUT2D eigenvalue weighted by atomic mass is 9.93. The maximum Gasteiger partial charge on any atom is 0.203 e. The molecule has 1 saturated carbocycles. The molecule has 106 valence electrons. The van der Waals surface area contributed by atoms with E-state index in [2.05, 4.69) is 25.6 Å². The zero-order valence-electron chi connectivity index (χ0n) is 11.8. The molecule has 0 atom stereocenters. The molecule has 6 nitrogen and oxygen atoms in total. The summed E-state index contributed by atoms with van der Waals surface area (Å²) in [5, 5.41) is 16.4. The molecule has 0 saturated heterocycles. The maximum atomic E-state index is 4.60. The molecule has 0 amide bonds. The van der Waals surface area contributed by atoms with Gasteiger partial charge in [0.2, 0.25) is 5.82 Å². The van der Waals surface area contributed by atoms with Crippen molar-refractivity contribution in [2.24, 2.45) is 0 Å². The topological polar surface area (TPSA) is 68.0 Å². The molecular formula is C15H16N6. The Morgan fingerprint density at radius 2 is 2.05 bits per heavy atom. The minimum Gasteiger partial charge on any atom is -0.366 e. The van der Waals surface area contributed by atoms with Crippen LogP contribution in [-0.2, 0) is 0 Å². The number of hydrogen-bond acceptors (Lipinski definition) is 5. The van der Waals surface area contributed by atoms with E-state index in [4.69, 9.17) is 0 Å². The Labute approximate surface area is 122 Å². The summed E-state index contributed by atoms with van der Waals surface area (Å²) in [5.74, 6) is 1.53. The van der Waals surface area contributed by atoms with Gasteiger partial charge in [-0.3, -0.25) is 4.98 Å². The Bertz CT molecular complexity index is 772. The van der Waals surface area contributed by atoms with Gasteiger partial charge >= 0.3 is 0 Å². The largest absolute Gasteiger partial charge is 0.366 e.